The third-order valence-electron chi connectivity index (χ3n) is 3.35. The largest absolute Gasteiger partial charge is 0.463 e. The lowest BCUT2D eigenvalue weighted by Crippen LogP contribution is -2.37. The van der Waals surface area contributed by atoms with Gasteiger partial charge in [0.1, 0.15) is 12.3 Å². The van der Waals surface area contributed by atoms with Gasteiger partial charge in [0.15, 0.2) is 6.10 Å². The van der Waals surface area contributed by atoms with Crippen molar-refractivity contribution in [3.05, 3.63) is 25.7 Å². The molecule has 0 saturated carbocycles. The van der Waals surface area contributed by atoms with Crippen LogP contribution in [0.5, 0.6) is 0 Å². The third-order valence-corrected chi connectivity index (χ3v) is 5.42. The second-order valence-corrected chi connectivity index (χ2v) is 7.31. The van der Waals surface area contributed by atoms with E-state index in [0.29, 0.717) is 25.6 Å². The van der Waals surface area contributed by atoms with Crippen LogP contribution in [0, 0.1) is 3.57 Å². The normalized spacial score (nSPS) is 12.8. The highest BCUT2D eigenvalue weighted by molar-refractivity contribution is 14.1. The fraction of sp³-hybridized carbons (Fsp3) is 0.471. The Kier molecular flexibility index (Phi) is 10.3. The van der Waals surface area contributed by atoms with Gasteiger partial charge < -0.3 is 19.6 Å². The first-order chi connectivity index (χ1) is 12.3. The Morgan fingerprint density at radius 2 is 1.92 bits per heavy atom. The van der Waals surface area contributed by atoms with Crippen LogP contribution in [0.2, 0.25) is 10.0 Å². The Hall–Kier alpha value is -1.06. The number of esters is 2. The number of ether oxygens (including phenoxy) is 2. The van der Waals surface area contributed by atoms with Gasteiger partial charge in [0.25, 0.3) is 0 Å². The molecule has 2 atom stereocenters. The molecule has 0 fully saturated rings. The molecule has 1 aromatic rings. The molecule has 1 aromatic carbocycles. The maximum atomic E-state index is 12.4. The van der Waals surface area contributed by atoms with Crippen LogP contribution < -0.4 is 5.32 Å². The molecule has 0 bridgehead atoms. The molecule has 0 amide bonds. The SMILES string of the molecule is CCCCOC(=O)[C@H](C)OC(=O)C(CC=O)Nc1c(Cl)ccc(Cl)c1I. The van der Waals surface area contributed by atoms with E-state index in [2.05, 4.69) is 5.32 Å². The van der Waals surface area contributed by atoms with Gasteiger partial charge in [-0.2, -0.15) is 0 Å². The molecule has 1 rings (SSSR count). The Balaban J connectivity index is 2.80. The highest BCUT2D eigenvalue weighted by Gasteiger charge is 2.27. The van der Waals surface area contributed by atoms with Crippen molar-refractivity contribution in [2.24, 2.45) is 0 Å². The number of nitrogens with one attached hydrogen (secondary N) is 1. The van der Waals surface area contributed by atoms with Crippen LogP contribution >= 0.6 is 45.8 Å². The van der Waals surface area contributed by atoms with Gasteiger partial charge in [0, 0.05) is 6.42 Å². The fourth-order valence-electron chi connectivity index (χ4n) is 1.88. The molecule has 0 aliphatic carbocycles. The zero-order valence-corrected chi connectivity index (χ0v) is 18.1. The Morgan fingerprint density at radius 3 is 2.54 bits per heavy atom. The average molecular weight is 516 g/mol. The molecule has 0 aliphatic rings. The lowest BCUT2D eigenvalue weighted by molar-refractivity contribution is -0.167. The van der Waals surface area contributed by atoms with Crippen LogP contribution in [0.4, 0.5) is 5.69 Å². The number of carbonyl (C=O) groups excluding carboxylic acids is 3. The van der Waals surface area contributed by atoms with Crippen molar-refractivity contribution in [2.75, 3.05) is 11.9 Å². The standard InChI is InChI=1S/C17H20Cl2INO5/c1-3-4-9-25-16(23)10(2)26-17(24)13(7-8-22)21-15-12(19)6-5-11(18)14(15)20/h5-6,8,10,13,21H,3-4,7,9H2,1-2H3/t10-,13?/m0/s1. The maximum Gasteiger partial charge on any atom is 0.347 e. The minimum absolute atomic E-state index is 0.157. The number of unbranched alkanes of at least 4 members (excludes halogenated alkanes) is 1. The van der Waals surface area contributed by atoms with Crippen LogP contribution in [0.1, 0.15) is 33.1 Å². The van der Waals surface area contributed by atoms with E-state index in [9.17, 15) is 14.4 Å². The zero-order chi connectivity index (χ0) is 19.7. The van der Waals surface area contributed by atoms with Crippen molar-refractivity contribution in [3.63, 3.8) is 0 Å². The minimum Gasteiger partial charge on any atom is -0.463 e. The minimum atomic E-state index is -1.08. The molecule has 0 spiro atoms. The molecular weight excluding hydrogens is 496 g/mol. The predicted octanol–water partition coefficient (Wildman–Crippen LogP) is 4.24. The molecule has 0 radical (unpaired) electrons. The van der Waals surface area contributed by atoms with E-state index in [4.69, 9.17) is 32.7 Å². The summed E-state index contributed by atoms with van der Waals surface area (Å²) in [6.45, 7) is 3.65. The number of hydrogen-bond donors (Lipinski definition) is 1. The summed E-state index contributed by atoms with van der Waals surface area (Å²) >= 11 is 14.2. The lowest BCUT2D eigenvalue weighted by atomic mass is 10.2. The van der Waals surface area contributed by atoms with Gasteiger partial charge in [-0.25, -0.2) is 9.59 Å². The van der Waals surface area contributed by atoms with Gasteiger partial charge in [-0.1, -0.05) is 36.5 Å². The Bertz CT molecular complexity index is 656. The van der Waals surface area contributed by atoms with Gasteiger partial charge in [0.05, 0.1) is 25.9 Å². The molecule has 1 N–H and O–H groups in total. The number of anilines is 1. The highest BCUT2D eigenvalue weighted by atomic mass is 127. The van der Waals surface area contributed by atoms with Gasteiger partial charge in [0.2, 0.25) is 0 Å². The first-order valence-electron chi connectivity index (χ1n) is 8.02. The van der Waals surface area contributed by atoms with Crippen molar-refractivity contribution in [2.45, 2.75) is 45.3 Å². The summed E-state index contributed by atoms with van der Waals surface area (Å²) in [6.07, 6.45) is 0.951. The summed E-state index contributed by atoms with van der Waals surface area (Å²) < 4.78 is 10.7. The van der Waals surface area contributed by atoms with Gasteiger partial charge in [-0.05, 0) is 48.1 Å². The summed E-state index contributed by atoms with van der Waals surface area (Å²) in [7, 11) is 0. The van der Waals surface area contributed by atoms with Crippen molar-refractivity contribution >= 4 is 69.7 Å². The maximum absolute atomic E-state index is 12.4. The third kappa shape index (κ3) is 6.92. The lowest BCUT2D eigenvalue weighted by Gasteiger charge is -2.21. The summed E-state index contributed by atoms with van der Waals surface area (Å²) in [6, 6.07) is 2.19. The number of aldehydes is 1. The van der Waals surface area contributed by atoms with E-state index in [-0.39, 0.29) is 13.0 Å². The van der Waals surface area contributed by atoms with Crippen molar-refractivity contribution in [1.29, 1.82) is 0 Å². The second-order valence-electron chi connectivity index (χ2n) is 5.42. The molecule has 0 aromatic heterocycles. The number of halogens is 3. The number of rotatable bonds is 10. The molecule has 0 saturated heterocycles. The topological polar surface area (TPSA) is 81.7 Å². The van der Waals surface area contributed by atoms with Crippen molar-refractivity contribution in [3.8, 4) is 0 Å². The summed E-state index contributed by atoms with van der Waals surface area (Å²) in [5.41, 5.74) is 0.418. The smallest absolute Gasteiger partial charge is 0.347 e. The first-order valence-corrected chi connectivity index (χ1v) is 9.86. The van der Waals surface area contributed by atoms with E-state index in [0.717, 1.165) is 12.8 Å². The molecule has 0 aliphatic heterocycles. The molecule has 9 heteroatoms. The van der Waals surface area contributed by atoms with Crippen LogP contribution in [-0.2, 0) is 23.9 Å². The van der Waals surface area contributed by atoms with Crippen LogP contribution in [0.3, 0.4) is 0 Å². The number of benzene rings is 1. The van der Waals surface area contributed by atoms with E-state index < -0.39 is 24.1 Å². The van der Waals surface area contributed by atoms with Crippen molar-refractivity contribution in [1.82, 2.24) is 0 Å². The molecular formula is C17H20Cl2INO5. The zero-order valence-electron chi connectivity index (χ0n) is 14.4. The van der Waals surface area contributed by atoms with E-state index in [1.54, 1.807) is 12.1 Å². The van der Waals surface area contributed by atoms with Gasteiger partial charge >= 0.3 is 11.9 Å². The highest BCUT2D eigenvalue weighted by Crippen LogP contribution is 2.33. The van der Waals surface area contributed by atoms with Gasteiger partial charge in [-0.3, -0.25) is 0 Å². The van der Waals surface area contributed by atoms with Crippen LogP contribution in [-0.4, -0.2) is 37.0 Å². The van der Waals surface area contributed by atoms with E-state index in [1.807, 2.05) is 29.5 Å². The first kappa shape index (κ1) is 23.0. The summed E-state index contributed by atoms with van der Waals surface area (Å²) in [5, 5.41) is 3.66. The van der Waals surface area contributed by atoms with E-state index in [1.165, 1.54) is 6.92 Å². The molecule has 26 heavy (non-hydrogen) atoms. The Labute approximate surface area is 176 Å². The van der Waals surface area contributed by atoms with E-state index >= 15 is 0 Å². The van der Waals surface area contributed by atoms with Crippen LogP contribution in [0.25, 0.3) is 0 Å². The second kappa shape index (κ2) is 11.6. The summed E-state index contributed by atoms with van der Waals surface area (Å²) in [4.78, 5) is 35.1. The van der Waals surface area contributed by atoms with Crippen LogP contribution in [0.15, 0.2) is 12.1 Å². The monoisotopic (exact) mass is 515 g/mol. The summed E-state index contributed by atoms with van der Waals surface area (Å²) in [5.74, 6) is -1.39. The fourth-order valence-corrected chi connectivity index (χ4v) is 3.04. The predicted molar refractivity (Wildman–Crippen MR) is 109 cm³/mol. The van der Waals surface area contributed by atoms with Gasteiger partial charge in [-0.15, -0.1) is 0 Å². The quantitative estimate of drug-likeness (QED) is 0.165. The molecule has 6 nitrogen and oxygen atoms in total. The molecule has 144 valence electrons. The average Bonchev–Trinajstić information content (AvgIpc) is 2.61. The molecule has 1 unspecified atom stereocenters. The number of carbonyl (C=O) groups is 3. The van der Waals surface area contributed by atoms with Crippen molar-refractivity contribution < 1.29 is 23.9 Å². The number of hydrogen-bond acceptors (Lipinski definition) is 6. The Morgan fingerprint density at radius 1 is 1.27 bits per heavy atom. The molecule has 0 heterocycles.